The minimum atomic E-state index is 0.263. The van der Waals surface area contributed by atoms with Crippen LogP contribution in [0.5, 0.6) is 0 Å². The molecule has 1 aliphatic rings. The van der Waals surface area contributed by atoms with E-state index in [1.54, 1.807) is 0 Å². The summed E-state index contributed by atoms with van der Waals surface area (Å²) in [6, 6.07) is 0. The van der Waals surface area contributed by atoms with Gasteiger partial charge in [-0.25, -0.2) is 0 Å². The lowest BCUT2D eigenvalue weighted by molar-refractivity contribution is -0.119. The van der Waals surface area contributed by atoms with Gasteiger partial charge in [0.15, 0.2) is 5.78 Å². The number of rotatable bonds is 5. The Labute approximate surface area is 87.6 Å². The maximum atomic E-state index is 11.4. The first-order valence-electron chi connectivity index (χ1n) is 5.94. The third-order valence-corrected chi connectivity index (χ3v) is 3.42. The summed E-state index contributed by atoms with van der Waals surface area (Å²) in [5.74, 6) is 1.45. The van der Waals surface area contributed by atoms with Crippen LogP contribution in [0, 0.1) is 11.8 Å². The van der Waals surface area contributed by atoms with E-state index < -0.39 is 0 Å². The van der Waals surface area contributed by atoms with E-state index in [1.165, 1.54) is 38.2 Å². The highest BCUT2D eigenvalue weighted by Crippen LogP contribution is 2.32. The molecule has 0 spiro atoms. The Kier molecular flexibility index (Phi) is 4.92. The van der Waals surface area contributed by atoms with Crippen LogP contribution in [0.3, 0.4) is 0 Å². The van der Waals surface area contributed by atoms with Crippen molar-refractivity contribution in [2.45, 2.75) is 51.9 Å². The Hall–Kier alpha value is -0.590. The zero-order valence-electron chi connectivity index (χ0n) is 9.30. The highest BCUT2D eigenvalue weighted by atomic mass is 16.1. The topological polar surface area (TPSA) is 17.1 Å². The minimum Gasteiger partial charge on any atom is -0.295 e. The maximum Gasteiger partial charge on any atom is 0.158 e. The second-order valence-corrected chi connectivity index (χ2v) is 4.47. The fourth-order valence-electron chi connectivity index (χ4n) is 2.40. The van der Waals surface area contributed by atoms with Gasteiger partial charge in [-0.2, -0.15) is 0 Å². The van der Waals surface area contributed by atoms with Crippen LogP contribution < -0.4 is 0 Å². The molecule has 1 nitrogen and oxygen atoms in total. The first-order valence-corrected chi connectivity index (χ1v) is 5.94. The second-order valence-electron chi connectivity index (χ2n) is 4.47. The Morgan fingerprint density at radius 3 is 2.50 bits per heavy atom. The van der Waals surface area contributed by atoms with E-state index in [4.69, 9.17) is 0 Å². The van der Waals surface area contributed by atoms with E-state index in [0.29, 0.717) is 5.92 Å². The molecule has 1 heteroatoms. The van der Waals surface area contributed by atoms with Gasteiger partial charge >= 0.3 is 0 Å². The van der Waals surface area contributed by atoms with E-state index in [0.717, 1.165) is 18.8 Å². The van der Waals surface area contributed by atoms with Crippen LogP contribution in [0.15, 0.2) is 12.7 Å². The van der Waals surface area contributed by atoms with Crippen molar-refractivity contribution in [3.63, 3.8) is 0 Å². The third-order valence-electron chi connectivity index (χ3n) is 3.42. The standard InChI is InChI=1S/C13H22O/c1-3-5-6-11-7-9-12(10-8-11)13(14)4-2/h4,11-12H,2-3,5-10H2,1H3. The van der Waals surface area contributed by atoms with Crippen molar-refractivity contribution in [3.8, 4) is 0 Å². The van der Waals surface area contributed by atoms with Crippen molar-refractivity contribution in [2.75, 3.05) is 0 Å². The highest BCUT2D eigenvalue weighted by Gasteiger charge is 2.23. The average molecular weight is 194 g/mol. The molecule has 80 valence electrons. The smallest absolute Gasteiger partial charge is 0.158 e. The highest BCUT2D eigenvalue weighted by molar-refractivity contribution is 5.91. The van der Waals surface area contributed by atoms with Crippen molar-refractivity contribution < 1.29 is 4.79 Å². The molecule has 0 heterocycles. The van der Waals surface area contributed by atoms with Crippen LogP contribution in [-0.4, -0.2) is 5.78 Å². The van der Waals surface area contributed by atoms with Gasteiger partial charge in [0.25, 0.3) is 0 Å². The van der Waals surface area contributed by atoms with Gasteiger partial charge in [-0.1, -0.05) is 32.8 Å². The van der Waals surface area contributed by atoms with Crippen LogP contribution in [0.4, 0.5) is 0 Å². The Balaban J connectivity index is 2.24. The largest absolute Gasteiger partial charge is 0.295 e. The first-order chi connectivity index (χ1) is 6.77. The van der Waals surface area contributed by atoms with Crippen molar-refractivity contribution in [1.29, 1.82) is 0 Å². The van der Waals surface area contributed by atoms with E-state index in [1.807, 2.05) is 0 Å². The third kappa shape index (κ3) is 3.28. The zero-order valence-corrected chi connectivity index (χ0v) is 9.30. The molecule has 1 fully saturated rings. The normalized spacial score (nSPS) is 27.2. The number of hydrogen-bond acceptors (Lipinski definition) is 1. The molecule has 14 heavy (non-hydrogen) atoms. The zero-order chi connectivity index (χ0) is 10.4. The molecule has 0 aromatic heterocycles. The Morgan fingerprint density at radius 2 is 2.00 bits per heavy atom. The van der Waals surface area contributed by atoms with Crippen LogP contribution in [0.2, 0.25) is 0 Å². The number of ketones is 1. The summed E-state index contributed by atoms with van der Waals surface area (Å²) >= 11 is 0. The molecule has 0 radical (unpaired) electrons. The SMILES string of the molecule is C=CC(=O)C1CCC(CCCC)CC1. The van der Waals surface area contributed by atoms with Gasteiger partial charge in [-0.3, -0.25) is 4.79 Å². The molecule has 0 atom stereocenters. The molecule has 0 amide bonds. The second kappa shape index (κ2) is 6.00. The summed E-state index contributed by atoms with van der Waals surface area (Å²) in [5, 5.41) is 0. The van der Waals surface area contributed by atoms with Gasteiger partial charge in [0.2, 0.25) is 0 Å². The van der Waals surface area contributed by atoms with E-state index >= 15 is 0 Å². The summed E-state index contributed by atoms with van der Waals surface area (Å²) in [7, 11) is 0. The number of allylic oxidation sites excluding steroid dienone is 1. The van der Waals surface area contributed by atoms with Gasteiger partial charge < -0.3 is 0 Å². The van der Waals surface area contributed by atoms with Gasteiger partial charge in [0.05, 0.1) is 0 Å². The van der Waals surface area contributed by atoms with Crippen molar-refractivity contribution in [2.24, 2.45) is 11.8 Å². The lowest BCUT2D eigenvalue weighted by Gasteiger charge is -2.26. The predicted molar refractivity (Wildman–Crippen MR) is 60.2 cm³/mol. The molecule has 0 N–H and O–H groups in total. The maximum absolute atomic E-state index is 11.4. The van der Waals surface area contributed by atoms with Crippen LogP contribution in [0.1, 0.15) is 51.9 Å². The number of unbranched alkanes of at least 4 members (excludes halogenated alkanes) is 1. The molecular weight excluding hydrogens is 172 g/mol. The predicted octanol–water partition coefficient (Wildman–Crippen LogP) is 3.74. The molecule has 0 aliphatic heterocycles. The summed E-state index contributed by atoms with van der Waals surface area (Å²) in [4.78, 5) is 11.4. The molecule has 1 aliphatic carbocycles. The van der Waals surface area contributed by atoms with Gasteiger partial charge in [-0.05, 0) is 37.7 Å². The molecule has 0 bridgehead atoms. The number of carbonyl (C=O) groups is 1. The fraction of sp³-hybridized carbons (Fsp3) is 0.769. The molecule has 0 unspecified atom stereocenters. The molecule has 0 aromatic rings. The number of hydrogen-bond donors (Lipinski definition) is 0. The molecule has 1 rings (SSSR count). The van der Waals surface area contributed by atoms with Crippen molar-refractivity contribution in [3.05, 3.63) is 12.7 Å². The first kappa shape index (κ1) is 11.5. The fourth-order valence-corrected chi connectivity index (χ4v) is 2.40. The van der Waals surface area contributed by atoms with Gasteiger partial charge in [0.1, 0.15) is 0 Å². The molecule has 1 saturated carbocycles. The van der Waals surface area contributed by atoms with Gasteiger partial charge in [-0.15, -0.1) is 0 Å². The minimum absolute atomic E-state index is 0.263. The average Bonchev–Trinajstić information content (AvgIpc) is 2.26. The van der Waals surface area contributed by atoms with Crippen LogP contribution in [0.25, 0.3) is 0 Å². The van der Waals surface area contributed by atoms with E-state index in [2.05, 4.69) is 13.5 Å². The molecule has 0 saturated heterocycles. The Morgan fingerprint density at radius 1 is 1.36 bits per heavy atom. The van der Waals surface area contributed by atoms with E-state index in [9.17, 15) is 4.79 Å². The van der Waals surface area contributed by atoms with Gasteiger partial charge in [0, 0.05) is 5.92 Å². The lowest BCUT2D eigenvalue weighted by atomic mass is 9.78. The van der Waals surface area contributed by atoms with Crippen molar-refractivity contribution in [1.82, 2.24) is 0 Å². The van der Waals surface area contributed by atoms with Crippen molar-refractivity contribution >= 4 is 5.78 Å². The summed E-state index contributed by atoms with van der Waals surface area (Å²) in [5.41, 5.74) is 0. The number of carbonyl (C=O) groups excluding carboxylic acids is 1. The van der Waals surface area contributed by atoms with Crippen LogP contribution >= 0.6 is 0 Å². The quantitative estimate of drug-likeness (QED) is 0.609. The summed E-state index contributed by atoms with van der Waals surface area (Å²) in [6.45, 7) is 5.80. The Bertz CT molecular complexity index is 187. The summed E-state index contributed by atoms with van der Waals surface area (Å²) in [6.07, 6.45) is 10.2. The van der Waals surface area contributed by atoms with E-state index in [-0.39, 0.29) is 5.78 Å². The summed E-state index contributed by atoms with van der Waals surface area (Å²) < 4.78 is 0. The molecule has 0 aromatic carbocycles. The molecular formula is C13H22O. The lowest BCUT2D eigenvalue weighted by Crippen LogP contribution is -2.20. The monoisotopic (exact) mass is 194 g/mol. The van der Waals surface area contributed by atoms with Crippen LogP contribution in [-0.2, 0) is 4.79 Å².